The topological polar surface area (TPSA) is 44.5 Å². The summed E-state index contributed by atoms with van der Waals surface area (Å²) >= 11 is 0. The molecule has 0 fully saturated rings. The van der Waals surface area contributed by atoms with Crippen LogP contribution < -0.4 is 10.5 Å². The molecule has 0 aliphatic rings. The Morgan fingerprint density at radius 3 is 2.58 bits per heavy atom. The molecule has 3 nitrogen and oxygen atoms in total. The van der Waals surface area contributed by atoms with Crippen molar-refractivity contribution in [3.63, 3.8) is 0 Å². The molecule has 1 aromatic carbocycles. The van der Waals surface area contributed by atoms with Gasteiger partial charge in [-0.15, -0.1) is 0 Å². The van der Waals surface area contributed by atoms with Crippen molar-refractivity contribution in [3.8, 4) is 17.6 Å². The van der Waals surface area contributed by atoms with Crippen molar-refractivity contribution in [1.82, 2.24) is 0 Å². The van der Waals surface area contributed by atoms with Crippen LogP contribution in [0.25, 0.3) is 0 Å². The van der Waals surface area contributed by atoms with E-state index >= 15 is 0 Å². The number of nitrogens with two attached hydrogens (primary N) is 1. The Morgan fingerprint density at radius 1 is 1.26 bits per heavy atom. The molecular formula is C16H23NO2. The van der Waals surface area contributed by atoms with Gasteiger partial charge in [0, 0.05) is 0 Å². The van der Waals surface area contributed by atoms with Gasteiger partial charge in [0.15, 0.2) is 0 Å². The van der Waals surface area contributed by atoms with E-state index in [4.69, 9.17) is 15.2 Å². The van der Waals surface area contributed by atoms with E-state index in [1.807, 2.05) is 18.2 Å². The molecule has 0 saturated carbocycles. The second-order valence-electron chi connectivity index (χ2n) is 4.80. The molecule has 2 N–H and O–H groups in total. The molecular weight excluding hydrogens is 238 g/mol. The first-order valence-electron chi connectivity index (χ1n) is 6.56. The minimum atomic E-state index is 0.237. The van der Waals surface area contributed by atoms with E-state index in [-0.39, 0.29) is 6.10 Å². The Kier molecular flexibility index (Phi) is 6.41. The van der Waals surface area contributed by atoms with Crippen LogP contribution in [0.4, 0.5) is 0 Å². The molecule has 0 bridgehead atoms. The van der Waals surface area contributed by atoms with Crippen molar-refractivity contribution in [2.24, 2.45) is 11.7 Å². The van der Waals surface area contributed by atoms with Crippen molar-refractivity contribution in [2.45, 2.75) is 33.5 Å². The van der Waals surface area contributed by atoms with E-state index < -0.39 is 0 Å². The molecule has 0 saturated heterocycles. The van der Waals surface area contributed by atoms with Crippen LogP contribution in [-0.2, 0) is 11.3 Å². The molecule has 0 amide bonds. The second-order valence-corrected chi connectivity index (χ2v) is 4.80. The summed E-state index contributed by atoms with van der Waals surface area (Å²) in [5, 5.41) is 0. The highest BCUT2D eigenvalue weighted by atomic mass is 16.5. The van der Waals surface area contributed by atoms with E-state index in [2.05, 4.69) is 32.6 Å². The quantitative estimate of drug-likeness (QED) is 0.829. The molecule has 0 aromatic heterocycles. The van der Waals surface area contributed by atoms with Crippen LogP contribution >= 0.6 is 0 Å². The SMILES string of the molecule is COc1ccc(COC(C)C(C)C)cc1C#CCN. The van der Waals surface area contributed by atoms with E-state index in [1.165, 1.54) is 0 Å². The van der Waals surface area contributed by atoms with Crippen LogP contribution in [0.5, 0.6) is 5.75 Å². The monoisotopic (exact) mass is 261 g/mol. The highest BCUT2D eigenvalue weighted by Gasteiger charge is 2.08. The van der Waals surface area contributed by atoms with Gasteiger partial charge in [-0.3, -0.25) is 0 Å². The summed E-state index contributed by atoms with van der Waals surface area (Å²) in [6.45, 7) is 7.31. The summed E-state index contributed by atoms with van der Waals surface area (Å²) in [6, 6.07) is 5.91. The number of rotatable bonds is 5. The zero-order chi connectivity index (χ0) is 14.3. The van der Waals surface area contributed by atoms with Crippen LogP contribution in [-0.4, -0.2) is 19.8 Å². The standard InChI is InChI=1S/C16H23NO2/c1-12(2)13(3)19-11-14-7-8-16(18-4)15(10-14)6-5-9-17/h7-8,10,12-13H,9,11,17H2,1-4H3. The fraction of sp³-hybridized carbons (Fsp3) is 0.500. The third kappa shape index (κ3) is 4.94. The van der Waals surface area contributed by atoms with Crippen molar-refractivity contribution in [1.29, 1.82) is 0 Å². The minimum absolute atomic E-state index is 0.237. The molecule has 0 heterocycles. The largest absolute Gasteiger partial charge is 0.495 e. The number of hydrogen-bond acceptors (Lipinski definition) is 3. The molecule has 0 aliphatic heterocycles. The Hall–Kier alpha value is -1.50. The van der Waals surface area contributed by atoms with Crippen LogP contribution in [0.3, 0.4) is 0 Å². The normalized spacial score (nSPS) is 11.9. The lowest BCUT2D eigenvalue weighted by Crippen LogP contribution is -2.15. The van der Waals surface area contributed by atoms with Gasteiger partial charge < -0.3 is 15.2 Å². The number of ether oxygens (including phenoxy) is 2. The van der Waals surface area contributed by atoms with E-state index in [0.29, 0.717) is 19.1 Å². The van der Waals surface area contributed by atoms with E-state index in [1.54, 1.807) is 7.11 Å². The first-order valence-corrected chi connectivity index (χ1v) is 6.56. The third-order valence-electron chi connectivity index (χ3n) is 3.04. The minimum Gasteiger partial charge on any atom is -0.495 e. The Bertz CT molecular complexity index is 458. The summed E-state index contributed by atoms with van der Waals surface area (Å²) in [6.07, 6.45) is 0.237. The highest BCUT2D eigenvalue weighted by molar-refractivity contribution is 5.48. The smallest absolute Gasteiger partial charge is 0.134 e. The molecule has 0 radical (unpaired) electrons. The van der Waals surface area contributed by atoms with Gasteiger partial charge in [0.05, 0.1) is 31.9 Å². The zero-order valence-electron chi connectivity index (χ0n) is 12.2. The highest BCUT2D eigenvalue weighted by Crippen LogP contribution is 2.20. The first-order chi connectivity index (χ1) is 9.08. The molecule has 1 aromatic rings. The molecule has 1 atom stereocenters. The first kappa shape index (κ1) is 15.6. The summed E-state index contributed by atoms with van der Waals surface area (Å²) < 4.78 is 11.1. The van der Waals surface area contributed by atoms with Gasteiger partial charge in [-0.1, -0.05) is 31.8 Å². The average molecular weight is 261 g/mol. The Morgan fingerprint density at radius 2 is 2.00 bits per heavy atom. The van der Waals surface area contributed by atoms with Crippen molar-refractivity contribution in [3.05, 3.63) is 29.3 Å². The van der Waals surface area contributed by atoms with Gasteiger partial charge in [-0.25, -0.2) is 0 Å². The second kappa shape index (κ2) is 7.83. The van der Waals surface area contributed by atoms with E-state index in [9.17, 15) is 0 Å². The lowest BCUT2D eigenvalue weighted by molar-refractivity contribution is 0.0235. The van der Waals surface area contributed by atoms with Gasteiger partial charge in [0.2, 0.25) is 0 Å². The molecule has 104 valence electrons. The molecule has 0 aliphatic carbocycles. The van der Waals surface area contributed by atoms with E-state index in [0.717, 1.165) is 16.9 Å². The van der Waals surface area contributed by atoms with Crippen molar-refractivity contribution in [2.75, 3.05) is 13.7 Å². The lowest BCUT2D eigenvalue weighted by Gasteiger charge is -2.17. The van der Waals surface area contributed by atoms with Gasteiger partial charge in [0.1, 0.15) is 5.75 Å². The molecule has 19 heavy (non-hydrogen) atoms. The fourth-order valence-corrected chi connectivity index (χ4v) is 1.51. The fourth-order valence-electron chi connectivity index (χ4n) is 1.51. The van der Waals surface area contributed by atoms with Gasteiger partial charge in [-0.05, 0) is 30.5 Å². The lowest BCUT2D eigenvalue weighted by atomic mass is 10.1. The maximum absolute atomic E-state index is 5.81. The molecule has 0 spiro atoms. The molecule has 3 heteroatoms. The Balaban J connectivity index is 2.80. The van der Waals surface area contributed by atoms with Crippen molar-refractivity contribution >= 4 is 0 Å². The average Bonchev–Trinajstić information content (AvgIpc) is 2.42. The maximum atomic E-state index is 5.81. The van der Waals surface area contributed by atoms with Gasteiger partial charge in [-0.2, -0.15) is 0 Å². The van der Waals surface area contributed by atoms with Crippen LogP contribution in [0, 0.1) is 17.8 Å². The predicted molar refractivity (Wildman–Crippen MR) is 78.0 cm³/mol. The summed E-state index contributed by atoms with van der Waals surface area (Å²) in [7, 11) is 1.64. The van der Waals surface area contributed by atoms with Crippen LogP contribution in [0.15, 0.2) is 18.2 Å². The summed E-state index contributed by atoms with van der Waals surface area (Å²) in [5.74, 6) is 7.14. The van der Waals surface area contributed by atoms with Gasteiger partial charge in [0.25, 0.3) is 0 Å². The zero-order valence-corrected chi connectivity index (χ0v) is 12.2. The third-order valence-corrected chi connectivity index (χ3v) is 3.04. The van der Waals surface area contributed by atoms with Crippen LogP contribution in [0.2, 0.25) is 0 Å². The maximum Gasteiger partial charge on any atom is 0.134 e. The number of hydrogen-bond donors (Lipinski definition) is 1. The Labute approximate surface area is 116 Å². The predicted octanol–water partition coefficient (Wildman–Crippen LogP) is 2.57. The van der Waals surface area contributed by atoms with Crippen molar-refractivity contribution < 1.29 is 9.47 Å². The van der Waals surface area contributed by atoms with Crippen LogP contribution in [0.1, 0.15) is 31.9 Å². The summed E-state index contributed by atoms with van der Waals surface area (Å²) in [4.78, 5) is 0. The van der Waals surface area contributed by atoms with Gasteiger partial charge >= 0.3 is 0 Å². The molecule has 1 unspecified atom stereocenters. The number of benzene rings is 1. The molecule has 1 rings (SSSR count). The number of methoxy groups -OCH3 is 1. The summed E-state index contributed by atoms with van der Waals surface area (Å²) in [5.41, 5.74) is 7.34.